The molecule has 1 saturated heterocycles. The zero-order valence-corrected chi connectivity index (χ0v) is 19.9. The van der Waals surface area contributed by atoms with Gasteiger partial charge in [0.15, 0.2) is 0 Å². The minimum Gasteiger partial charge on any atom is -0.342 e. The van der Waals surface area contributed by atoms with Gasteiger partial charge in [0.2, 0.25) is 5.91 Å². The molecule has 2 N–H and O–H groups in total. The maximum Gasteiger partial charge on any atom is 0.319 e. The highest BCUT2D eigenvalue weighted by Gasteiger charge is 2.60. The molecular formula is C27H39N3O2. The van der Waals surface area contributed by atoms with Crippen LogP contribution in [-0.2, 0) is 4.79 Å². The molecule has 1 aliphatic heterocycles. The molecule has 0 spiro atoms. The second kappa shape index (κ2) is 8.07. The molecule has 1 heterocycles. The van der Waals surface area contributed by atoms with E-state index in [-0.39, 0.29) is 11.4 Å². The molecule has 1 unspecified atom stereocenters. The summed E-state index contributed by atoms with van der Waals surface area (Å²) >= 11 is 0. The lowest BCUT2D eigenvalue weighted by molar-refractivity contribution is -0.158. The van der Waals surface area contributed by atoms with Crippen LogP contribution in [0.5, 0.6) is 0 Å². The summed E-state index contributed by atoms with van der Waals surface area (Å²) in [6.45, 7) is 5.76. The van der Waals surface area contributed by atoms with Crippen molar-refractivity contribution in [2.24, 2.45) is 34.5 Å². The molecule has 5 heteroatoms. The van der Waals surface area contributed by atoms with Crippen molar-refractivity contribution in [2.75, 3.05) is 18.9 Å². The Kier molecular flexibility index (Phi) is 5.50. The van der Waals surface area contributed by atoms with E-state index < -0.39 is 0 Å². The number of para-hydroxylation sites is 1. The van der Waals surface area contributed by atoms with E-state index in [1.807, 2.05) is 37.4 Å². The van der Waals surface area contributed by atoms with Gasteiger partial charge in [-0.3, -0.25) is 4.79 Å². The number of amides is 3. The van der Waals surface area contributed by atoms with Gasteiger partial charge in [-0.05, 0) is 91.6 Å². The van der Waals surface area contributed by atoms with Crippen LogP contribution < -0.4 is 10.6 Å². The fourth-order valence-corrected chi connectivity index (χ4v) is 8.51. The Morgan fingerprint density at radius 1 is 1.00 bits per heavy atom. The van der Waals surface area contributed by atoms with E-state index in [4.69, 9.17) is 0 Å². The van der Waals surface area contributed by atoms with Crippen LogP contribution in [0.25, 0.3) is 0 Å². The number of nitrogens with one attached hydrogen (secondary N) is 2. The molecule has 0 bridgehead atoms. The van der Waals surface area contributed by atoms with Gasteiger partial charge in [-0.1, -0.05) is 32.0 Å². The number of rotatable bonds is 3. The number of piperidine rings is 1. The summed E-state index contributed by atoms with van der Waals surface area (Å²) in [6.07, 6.45) is 9.25. The SMILES string of the molecule is CN1C(=O)CC[C@]2(C)[C@H]3CC[C@]4(C)C(CNC(=O)Nc5ccccc5)CC[C@H]4[C@@H]3CC[C@@H]12. The van der Waals surface area contributed by atoms with Crippen LogP contribution in [0.3, 0.4) is 0 Å². The molecule has 1 aromatic rings. The van der Waals surface area contributed by atoms with Crippen LogP contribution in [0, 0.1) is 34.5 Å². The number of benzene rings is 1. The average Bonchev–Trinajstić information content (AvgIpc) is 3.12. The van der Waals surface area contributed by atoms with Gasteiger partial charge in [0.05, 0.1) is 0 Å². The van der Waals surface area contributed by atoms with Crippen LogP contribution in [-0.4, -0.2) is 36.5 Å². The molecular weight excluding hydrogens is 398 g/mol. The number of nitrogens with zero attached hydrogens (tertiary/aromatic N) is 1. The minimum absolute atomic E-state index is 0.0973. The molecule has 7 atom stereocenters. The Morgan fingerprint density at radius 2 is 1.75 bits per heavy atom. The topological polar surface area (TPSA) is 61.4 Å². The quantitative estimate of drug-likeness (QED) is 0.675. The van der Waals surface area contributed by atoms with Crippen molar-refractivity contribution in [3.8, 4) is 0 Å². The molecule has 4 fully saturated rings. The third kappa shape index (κ3) is 3.43. The molecule has 4 aliphatic rings. The number of hydrogen-bond donors (Lipinski definition) is 2. The third-order valence-electron chi connectivity index (χ3n) is 10.3. The first-order chi connectivity index (χ1) is 15.3. The summed E-state index contributed by atoms with van der Waals surface area (Å²) in [5.74, 6) is 3.16. The highest BCUT2D eigenvalue weighted by Crippen LogP contribution is 2.66. The van der Waals surface area contributed by atoms with Gasteiger partial charge in [0, 0.05) is 31.7 Å². The van der Waals surface area contributed by atoms with Crippen LogP contribution in [0.2, 0.25) is 0 Å². The summed E-state index contributed by atoms with van der Waals surface area (Å²) in [5.41, 5.74) is 1.43. The van der Waals surface area contributed by atoms with Gasteiger partial charge in [-0.25, -0.2) is 4.79 Å². The second-order valence-electron chi connectivity index (χ2n) is 11.5. The van der Waals surface area contributed by atoms with Crippen LogP contribution in [0.1, 0.15) is 65.2 Å². The number of anilines is 1. The van der Waals surface area contributed by atoms with Crippen molar-refractivity contribution in [1.82, 2.24) is 10.2 Å². The number of hydrogen-bond acceptors (Lipinski definition) is 2. The smallest absolute Gasteiger partial charge is 0.319 e. The van der Waals surface area contributed by atoms with Crippen molar-refractivity contribution >= 4 is 17.6 Å². The van der Waals surface area contributed by atoms with Crippen LogP contribution >= 0.6 is 0 Å². The highest BCUT2D eigenvalue weighted by atomic mass is 16.2. The molecule has 174 valence electrons. The molecule has 1 aromatic carbocycles. The predicted molar refractivity (Wildman–Crippen MR) is 127 cm³/mol. The van der Waals surface area contributed by atoms with Gasteiger partial charge >= 0.3 is 6.03 Å². The summed E-state index contributed by atoms with van der Waals surface area (Å²) < 4.78 is 0. The zero-order valence-electron chi connectivity index (χ0n) is 19.9. The minimum atomic E-state index is -0.0973. The third-order valence-corrected chi connectivity index (χ3v) is 10.3. The summed E-state index contributed by atoms with van der Waals surface area (Å²) in [6, 6.07) is 9.99. The molecule has 5 rings (SSSR count). The van der Waals surface area contributed by atoms with E-state index in [0.29, 0.717) is 23.3 Å². The van der Waals surface area contributed by atoms with Gasteiger partial charge in [-0.15, -0.1) is 0 Å². The first-order valence-electron chi connectivity index (χ1n) is 12.7. The summed E-state index contributed by atoms with van der Waals surface area (Å²) in [7, 11) is 2.04. The molecule has 0 aromatic heterocycles. The van der Waals surface area contributed by atoms with Crippen molar-refractivity contribution in [2.45, 2.75) is 71.3 Å². The fourth-order valence-electron chi connectivity index (χ4n) is 8.51. The lowest BCUT2D eigenvalue weighted by atomic mass is 9.47. The molecule has 3 amide bonds. The molecule has 3 saturated carbocycles. The predicted octanol–water partition coefficient (Wildman–Crippen LogP) is 5.29. The first kappa shape index (κ1) is 21.8. The van der Waals surface area contributed by atoms with E-state index in [2.05, 4.69) is 29.4 Å². The van der Waals surface area contributed by atoms with Crippen molar-refractivity contribution < 1.29 is 9.59 Å². The molecule has 5 nitrogen and oxygen atoms in total. The lowest BCUT2D eigenvalue weighted by Crippen LogP contribution is -2.61. The van der Waals surface area contributed by atoms with E-state index in [0.717, 1.165) is 49.2 Å². The maximum atomic E-state index is 12.5. The zero-order chi connectivity index (χ0) is 22.5. The van der Waals surface area contributed by atoms with Crippen molar-refractivity contribution in [1.29, 1.82) is 0 Å². The standard InChI is InChI=1S/C27H39N3O2/c1-26-15-13-22-20(10-12-23-27(22,2)16-14-24(31)30(23)3)21(26)11-9-18(26)17-28-25(32)29-19-7-5-4-6-8-19/h4-8,18,20-23H,9-17H2,1-3H3,(H2,28,29,32)/t18?,20-,21-,22-,23+,26+,27+/m0/s1. The number of fused-ring (bicyclic) bond motifs is 5. The van der Waals surface area contributed by atoms with Crippen molar-refractivity contribution in [3.05, 3.63) is 30.3 Å². The Labute approximate surface area is 192 Å². The maximum absolute atomic E-state index is 12.5. The van der Waals surface area contributed by atoms with Gasteiger partial charge in [0.25, 0.3) is 0 Å². The van der Waals surface area contributed by atoms with E-state index >= 15 is 0 Å². The normalized spacial score (nSPS) is 40.8. The highest BCUT2D eigenvalue weighted by molar-refractivity contribution is 5.89. The second-order valence-corrected chi connectivity index (χ2v) is 11.5. The van der Waals surface area contributed by atoms with Crippen LogP contribution in [0.15, 0.2) is 30.3 Å². The van der Waals surface area contributed by atoms with E-state index in [1.54, 1.807) is 0 Å². The summed E-state index contributed by atoms with van der Waals surface area (Å²) in [4.78, 5) is 26.9. The summed E-state index contributed by atoms with van der Waals surface area (Å²) in [5, 5.41) is 6.13. The Morgan fingerprint density at radius 3 is 2.53 bits per heavy atom. The molecule has 32 heavy (non-hydrogen) atoms. The first-order valence-corrected chi connectivity index (χ1v) is 12.7. The van der Waals surface area contributed by atoms with Gasteiger partial charge in [0.1, 0.15) is 0 Å². The van der Waals surface area contributed by atoms with Gasteiger partial charge in [-0.2, -0.15) is 0 Å². The number of carbonyl (C=O) groups is 2. The Bertz CT molecular complexity index is 873. The monoisotopic (exact) mass is 437 g/mol. The number of urea groups is 1. The van der Waals surface area contributed by atoms with Gasteiger partial charge < -0.3 is 15.5 Å². The Hall–Kier alpha value is -2.04. The van der Waals surface area contributed by atoms with Crippen molar-refractivity contribution in [3.63, 3.8) is 0 Å². The molecule has 0 radical (unpaired) electrons. The fraction of sp³-hybridized carbons (Fsp3) is 0.704. The number of likely N-dealkylation sites (tertiary alicyclic amines) is 1. The van der Waals surface area contributed by atoms with Crippen LogP contribution in [0.4, 0.5) is 10.5 Å². The average molecular weight is 438 g/mol. The van der Waals surface area contributed by atoms with E-state index in [1.165, 1.54) is 32.1 Å². The van der Waals surface area contributed by atoms with E-state index in [9.17, 15) is 9.59 Å². The molecule has 3 aliphatic carbocycles. The Balaban J connectivity index is 1.25. The largest absolute Gasteiger partial charge is 0.342 e. The lowest BCUT2D eigenvalue weighted by Gasteiger charge is -2.61. The number of carbonyl (C=O) groups excluding carboxylic acids is 2.